The third-order valence-electron chi connectivity index (χ3n) is 2.66. The number of hydrogen-bond acceptors (Lipinski definition) is 1. The summed E-state index contributed by atoms with van der Waals surface area (Å²) in [6.07, 6.45) is 7.10. The van der Waals surface area contributed by atoms with Gasteiger partial charge in [0.25, 0.3) is 0 Å². The maximum atomic E-state index is 4.53. The Morgan fingerprint density at radius 2 is 1.87 bits per heavy atom. The topological polar surface area (TPSA) is 12.9 Å². The maximum Gasteiger partial charge on any atom is 0.0457 e. The third kappa shape index (κ3) is 4.03. The number of aromatic nitrogens is 1. The smallest absolute Gasteiger partial charge is 0.0457 e. The van der Waals surface area contributed by atoms with Crippen LogP contribution in [0.15, 0.2) is 18.3 Å². The Morgan fingerprint density at radius 3 is 2.33 bits per heavy atom. The summed E-state index contributed by atoms with van der Waals surface area (Å²) >= 11 is 0. The molecule has 0 unspecified atom stereocenters. The van der Waals surface area contributed by atoms with Crippen molar-refractivity contribution in [2.75, 3.05) is 0 Å². The van der Waals surface area contributed by atoms with Crippen LogP contribution in [0.25, 0.3) is 0 Å². The van der Waals surface area contributed by atoms with Crippen LogP contribution in [0, 0.1) is 0 Å². The highest BCUT2D eigenvalue weighted by Crippen LogP contribution is 2.20. The first-order valence-electron chi connectivity index (χ1n) is 5.99. The maximum absolute atomic E-state index is 4.53. The second-order valence-corrected chi connectivity index (χ2v) is 5.26. The zero-order valence-electron chi connectivity index (χ0n) is 10.5. The molecule has 1 heteroatoms. The molecule has 0 bridgehead atoms. The molecule has 0 amide bonds. The van der Waals surface area contributed by atoms with E-state index in [1.807, 2.05) is 6.20 Å². The van der Waals surface area contributed by atoms with Crippen LogP contribution < -0.4 is 0 Å². The van der Waals surface area contributed by atoms with Crippen LogP contribution >= 0.6 is 0 Å². The fourth-order valence-electron chi connectivity index (χ4n) is 1.60. The molecule has 0 atom stereocenters. The largest absolute Gasteiger partial charge is 0.260 e. The molecule has 0 radical (unpaired) electrons. The second kappa shape index (κ2) is 5.29. The van der Waals surface area contributed by atoms with Gasteiger partial charge in [-0.05, 0) is 24.5 Å². The minimum Gasteiger partial charge on any atom is -0.260 e. The molecule has 0 N–H and O–H groups in total. The second-order valence-electron chi connectivity index (χ2n) is 5.26. The van der Waals surface area contributed by atoms with Crippen molar-refractivity contribution in [3.05, 3.63) is 29.6 Å². The lowest BCUT2D eigenvalue weighted by atomic mass is 9.91. The predicted octanol–water partition coefficient (Wildman–Crippen LogP) is 4.11. The van der Waals surface area contributed by atoms with Gasteiger partial charge in [-0.15, -0.1) is 0 Å². The van der Waals surface area contributed by atoms with Crippen LogP contribution in [0.4, 0.5) is 0 Å². The Morgan fingerprint density at radius 1 is 1.13 bits per heavy atom. The van der Waals surface area contributed by atoms with Crippen LogP contribution in [-0.4, -0.2) is 4.98 Å². The lowest BCUT2D eigenvalue weighted by molar-refractivity contribution is 0.568. The van der Waals surface area contributed by atoms with Gasteiger partial charge >= 0.3 is 0 Å². The van der Waals surface area contributed by atoms with Gasteiger partial charge in [-0.25, -0.2) is 0 Å². The molecule has 1 rings (SSSR count). The molecule has 84 valence electrons. The number of unbranched alkanes of at least 4 members (excludes halogenated alkanes) is 2. The Bertz CT molecular complexity index is 279. The molecule has 0 saturated heterocycles. The summed E-state index contributed by atoms with van der Waals surface area (Å²) in [4.78, 5) is 4.53. The molecule has 0 saturated carbocycles. The Labute approximate surface area is 93.9 Å². The van der Waals surface area contributed by atoms with E-state index in [0.717, 1.165) is 0 Å². The van der Waals surface area contributed by atoms with E-state index in [-0.39, 0.29) is 5.41 Å². The fourth-order valence-corrected chi connectivity index (χ4v) is 1.60. The summed E-state index contributed by atoms with van der Waals surface area (Å²) in [7, 11) is 0. The highest BCUT2D eigenvalue weighted by atomic mass is 14.7. The van der Waals surface area contributed by atoms with Gasteiger partial charge in [-0.1, -0.05) is 46.6 Å². The van der Waals surface area contributed by atoms with E-state index < -0.39 is 0 Å². The van der Waals surface area contributed by atoms with Crippen LogP contribution in [0.1, 0.15) is 58.2 Å². The molecule has 1 heterocycles. The molecule has 15 heavy (non-hydrogen) atoms. The summed E-state index contributed by atoms with van der Waals surface area (Å²) < 4.78 is 0. The zero-order chi connectivity index (χ0) is 11.3. The molecule has 1 nitrogen and oxygen atoms in total. The summed E-state index contributed by atoms with van der Waals surface area (Å²) in [6, 6.07) is 4.39. The first kappa shape index (κ1) is 12.2. The molecule has 0 aliphatic rings. The van der Waals surface area contributed by atoms with Crippen LogP contribution in [0.5, 0.6) is 0 Å². The van der Waals surface area contributed by atoms with Gasteiger partial charge in [0.1, 0.15) is 0 Å². The van der Waals surface area contributed by atoms with Crippen LogP contribution in [0.3, 0.4) is 0 Å². The van der Waals surface area contributed by atoms with Crippen molar-refractivity contribution in [3.63, 3.8) is 0 Å². The highest BCUT2D eigenvalue weighted by Gasteiger charge is 2.14. The van der Waals surface area contributed by atoms with Crippen molar-refractivity contribution in [3.8, 4) is 0 Å². The monoisotopic (exact) mass is 205 g/mol. The molecule has 1 aromatic rings. The Hall–Kier alpha value is -0.850. The van der Waals surface area contributed by atoms with Crippen LogP contribution in [0.2, 0.25) is 0 Å². The summed E-state index contributed by atoms with van der Waals surface area (Å²) in [6.45, 7) is 8.84. The summed E-state index contributed by atoms with van der Waals surface area (Å²) in [5.41, 5.74) is 2.72. The van der Waals surface area contributed by atoms with E-state index in [1.165, 1.54) is 36.9 Å². The minimum atomic E-state index is 0.169. The molecule has 0 aromatic carbocycles. The lowest BCUT2D eigenvalue weighted by Gasteiger charge is -2.17. The van der Waals surface area contributed by atoms with Crippen molar-refractivity contribution in [1.82, 2.24) is 4.98 Å². The Kier molecular flexibility index (Phi) is 4.31. The van der Waals surface area contributed by atoms with Crippen molar-refractivity contribution >= 4 is 0 Å². The van der Waals surface area contributed by atoms with Gasteiger partial charge in [0, 0.05) is 17.3 Å². The first-order valence-corrected chi connectivity index (χ1v) is 5.99. The van der Waals surface area contributed by atoms with Crippen molar-refractivity contribution in [2.24, 2.45) is 0 Å². The van der Waals surface area contributed by atoms with Gasteiger partial charge < -0.3 is 0 Å². The predicted molar refractivity (Wildman–Crippen MR) is 66.2 cm³/mol. The third-order valence-corrected chi connectivity index (χ3v) is 2.66. The molecule has 0 fully saturated rings. The quantitative estimate of drug-likeness (QED) is 0.674. The van der Waals surface area contributed by atoms with Crippen molar-refractivity contribution < 1.29 is 0 Å². The number of aryl methyl sites for hydroxylation is 1. The number of pyridine rings is 1. The Balaban J connectivity index is 2.57. The summed E-state index contributed by atoms with van der Waals surface area (Å²) in [5, 5.41) is 0. The molecule has 0 spiro atoms. The minimum absolute atomic E-state index is 0.169. The molecule has 1 aromatic heterocycles. The zero-order valence-corrected chi connectivity index (χ0v) is 10.5. The van der Waals surface area contributed by atoms with Gasteiger partial charge in [0.15, 0.2) is 0 Å². The van der Waals surface area contributed by atoms with E-state index in [1.54, 1.807) is 0 Å². The molecule has 0 aliphatic carbocycles. The van der Waals surface area contributed by atoms with E-state index >= 15 is 0 Å². The van der Waals surface area contributed by atoms with Gasteiger partial charge in [0.05, 0.1) is 0 Å². The standard InChI is InChI=1S/C14H23N/c1-5-6-7-8-12-9-10-13(15-11-12)14(2,3)4/h9-11H,5-8H2,1-4H3. The average Bonchev–Trinajstić information content (AvgIpc) is 2.18. The lowest BCUT2D eigenvalue weighted by Crippen LogP contribution is -2.13. The van der Waals surface area contributed by atoms with Gasteiger partial charge in [-0.2, -0.15) is 0 Å². The van der Waals surface area contributed by atoms with Crippen molar-refractivity contribution in [1.29, 1.82) is 0 Å². The van der Waals surface area contributed by atoms with Gasteiger partial charge in [-0.3, -0.25) is 4.98 Å². The van der Waals surface area contributed by atoms with Gasteiger partial charge in [0.2, 0.25) is 0 Å². The average molecular weight is 205 g/mol. The van der Waals surface area contributed by atoms with Crippen molar-refractivity contribution in [2.45, 2.75) is 58.8 Å². The fraction of sp³-hybridized carbons (Fsp3) is 0.643. The molecule has 0 aliphatic heterocycles. The van der Waals surface area contributed by atoms with E-state index in [0.29, 0.717) is 0 Å². The van der Waals surface area contributed by atoms with E-state index in [9.17, 15) is 0 Å². The molecular formula is C14H23N. The normalized spacial score (nSPS) is 11.7. The first-order chi connectivity index (χ1) is 7.04. The van der Waals surface area contributed by atoms with Crippen LogP contribution in [-0.2, 0) is 11.8 Å². The SMILES string of the molecule is CCCCCc1ccc(C(C)(C)C)nc1. The number of nitrogens with zero attached hydrogens (tertiary/aromatic N) is 1. The highest BCUT2D eigenvalue weighted by molar-refractivity contribution is 5.19. The van der Waals surface area contributed by atoms with E-state index in [4.69, 9.17) is 0 Å². The summed E-state index contributed by atoms with van der Waals surface area (Å²) in [5.74, 6) is 0. The number of hydrogen-bond donors (Lipinski definition) is 0. The molecular weight excluding hydrogens is 182 g/mol. The van der Waals surface area contributed by atoms with E-state index in [2.05, 4.69) is 44.8 Å². The number of rotatable bonds is 4.